The Hall–Kier alpha value is -0.730. The highest BCUT2D eigenvalue weighted by molar-refractivity contribution is 6.42. The van der Waals surface area contributed by atoms with E-state index < -0.39 is 0 Å². The van der Waals surface area contributed by atoms with Crippen LogP contribution in [0.5, 0.6) is 0 Å². The standard InChI is InChI=1S/C12H13Cl2NO/c1-7(2)11-6-16-12(15-11)8-3-4-9(13)10(14)5-8/h3-5,7,11H,6H2,1-2H3/t11-/m0/s1. The van der Waals surface area contributed by atoms with E-state index in [0.29, 0.717) is 28.5 Å². The highest BCUT2D eigenvalue weighted by Crippen LogP contribution is 2.25. The van der Waals surface area contributed by atoms with E-state index in [0.717, 1.165) is 5.56 Å². The lowest BCUT2D eigenvalue weighted by atomic mass is 10.1. The number of benzene rings is 1. The van der Waals surface area contributed by atoms with E-state index in [4.69, 9.17) is 27.9 Å². The molecule has 0 aliphatic carbocycles. The molecule has 2 nitrogen and oxygen atoms in total. The van der Waals surface area contributed by atoms with Gasteiger partial charge in [0.25, 0.3) is 0 Å². The zero-order valence-electron chi connectivity index (χ0n) is 9.21. The van der Waals surface area contributed by atoms with Crippen LogP contribution >= 0.6 is 23.2 Å². The van der Waals surface area contributed by atoms with Gasteiger partial charge in [-0.3, -0.25) is 0 Å². The first-order chi connectivity index (χ1) is 7.58. The van der Waals surface area contributed by atoms with E-state index in [1.54, 1.807) is 12.1 Å². The molecular formula is C12H13Cl2NO. The van der Waals surface area contributed by atoms with Crippen LogP contribution in [0.25, 0.3) is 0 Å². The molecule has 4 heteroatoms. The molecule has 0 saturated heterocycles. The fraction of sp³-hybridized carbons (Fsp3) is 0.417. The highest BCUT2D eigenvalue weighted by Gasteiger charge is 2.22. The molecule has 2 rings (SSSR count). The molecule has 0 N–H and O–H groups in total. The van der Waals surface area contributed by atoms with Gasteiger partial charge < -0.3 is 4.74 Å². The predicted octanol–water partition coefficient (Wildman–Crippen LogP) is 3.79. The fourth-order valence-electron chi connectivity index (χ4n) is 1.52. The summed E-state index contributed by atoms with van der Waals surface area (Å²) in [5, 5.41) is 1.07. The molecule has 1 atom stereocenters. The number of hydrogen-bond acceptors (Lipinski definition) is 2. The van der Waals surface area contributed by atoms with Crippen molar-refractivity contribution >= 4 is 29.1 Å². The van der Waals surface area contributed by atoms with Crippen LogP contribution in [0.2, 0.25) is 10.0 Å². The third-order valence-electron chi connectivity index (χ3n) is 2.61. The molecule has 86 valence electrons. The third-order valence-corrected chi connectivity index (χ3v) is 3.35. The van der Waals surface area contributed by atoms with Gasteiger partial charge in [0.05, 0.1) is 16.1 Å². The van der Waals surface area contributed by atoms with Gasteiger partial charge in [-0.1, -0.05) is 37.0 Å². The molecule has 0 fully saturated rings. The van der Waals surface area contributed by atoms with Gasteiger partial charge in [-0.25, -0.2) is 4.99 Å². The van der Waals surface area contributed by atoms with Crippen molar-refractivity contribution in [2.75, 3.05) is 6.61 Å². The molecule has 0 spiro atoms. The van der Waals surface area contributed by atoms with Crippen LogP contribution in [0.1, 0.15) is 19.4 Å². The molecule has 0 unspecified atom stereocenters. The van der Waals surface area contributed by atoms with E-state index in [1.165, 1.54) is 0 Å². The largest absolute Gasteiger partial charge is 0.475 e. The Morgan fingerprint density at radius 2 is 2.06 bits per heavy atom. The van der Waals surface area contributed by atoms with Crippen molar-refractivity contribution in [1.29, 1.82) is 0 Å². The number of hydrogen-bond donors (Lipinski definition) is 0. The third kappa shape index (κ3) is 2.33. The van der Waals surface area contributed by atoms with Crippen molar-refractivity contribution in [3.05, 3.63) is 33.8 Å². The van der Waals surface area contributed by atoms with Gasteiger partial charge in [-0.2, -0.15) is 0 Å². The molecule has 0 radical (unpaired) electrons. The maximum absolute atomic E-state index is 5.95. The van der Waals surface area contributed by atoms with Crippen molar-refractivity contribution in [1.82, 2.24) is 0 Å². The molecule has 16 heavy (non-hydrogen) atoms. The summed E-state index contributed by atoms with van der Waals surface area (Å²) in [6.07, 6.45) is 0. The van der Waals surface area contributed by atoms with Crippen LogP contribution in [0.15, 0.2) is 23.2 Å². The lowest BCUT2D eigenvalue weighted by Crippen LogP contribution is -2.13. The number of rotatable bonds is 2. The Morgan fingerprint density at radius 1 is 1.31 bits per heavy atom. The van der Waals surface area contributed by atoms with Gasteiger partial charge in [0.15, 0.2) is 0 Å². The monoisotopic (exact) mass is 257 g/mol. The molecule has 0 aromatic heterocycles. The van der Waals surface area contributed by atoms with E-state index in [-0.39, 0.29) is 6.04 Å². The molecule has 1 aromatic rings. The summed E-state index contributed by atoms with van der Waals surface area (Å²) >= 11 is 11.8. The van der Waals surface area contributed by atoms with Crippen molar-refractivity contribution in [2.45, 2.75) is 19.9 Å². The minimum Gasteiger partial charge on any atom is -0.475 e. The molecule has 0 bridgehead atoms. The molecular weight excluding hydrogens is 245 g/mol. The molecule has 0 saturated carbocycles. The Morgan fingerprint density at radius 3 is 2.62 bits per heavy atom. The normalized spacial score (nSPS) is 19.8. The van der Waals surface area contributed by atoms with Crippen molar-refractivity contribution in [3.8, 4) is 0 Å². The zero-order valence-corrected chi connectivity index (χ0v) is 10.7. The van der Waals surface area contributed by atoms with Gasteiger partial charge in [0, 0.05) is 5.56 Å². The second-order valence-corrected chi connectivity index (χ2v) is 5.00. The van der Waals surface area contributed by atoms with Gasteiger partial charge in [-0.05, 0) is 24.1 Å². The molecule has 1 aliphatic heterocycles. The summed E-state index contributed by atoms with van der Waals surface area (Å²) in [5.74, 6) is 1.15. The Balaban J connectivity index is 2.25. The minimum atomic E-state index is 0.240. The van der Waals surface area contributed by atoms with Crippen LogP contribution in [0, 0.1) is 5.92 Å². The van der Waals surface area contributed by atoms with Crippen molar-refractivity contribution in [3.63, 3.8) is 0 Å². The average molecular weight is 258 g/mol. The lowest BCUT2D eigenvalue weighted by molar-refractivity contribution is 0.292. The van der Waals surface area contributed by atoms with Crippen LogP contribution in [-0.2, 0) is 4.74 Å². The predicted molar refractivity (Wildman–Crippen MR) is 67.6 cm³/mol. The SMILES string of the molecule is CC(C)[C@@H]1COC(c2ccc(Cl)c(Cl)c2)=N1. The highest BCUT2D eigenvalue weighted by atomic mass is 35.5. The first-order valence-corrected chi connectivity index (χ1v) is 5.99. The summed E-state index contributed by atoms with van der Waals surface area (Å²) in [7, 11) is 0. The van der Waals surface area contributed by atoms with Crippen molar-refractivity contribution in [2.24, 2.45) is 10.9 Å². The lowest BCUT2D eigenvalue weighted by Gasteiger charge is -2.06. The summed E-state index contributed by atoms with van der Waals surface area (Å²) < 4.78 is 5.56. The zero-order chi connectivity index (χ0) is 11.7. The first kappa shape index (κ1) is 11.7. The van der Waals surface area contributed by atoms with Crippen LogP contribution in [0.4, 0.5) is 0 Å². The van der Waals surface area contributed by atoms with Crippen LogP contribution in [0.3, 0.4) is 0 Å². The second kappa shape index (κ2) is 4.64. The Kier molecular flexibility index (Phi) is 3.41. The van der Waals surface area contributed by atoms with Crippen molar-refractivity contribution < 1.29 is 4.74 Å². The van der Waals surface area contributed by atoms with Gasteiger partial charge in [0.1, 0.15) is 6.61 Å². The quantitative estimate of drug-likeness (QED) is 0.790. The Labute approximate surface area is 105 Å². The molecule has 1 aliphatic rings. The number of ether oxygens (including phenoxy) is 1. The van der Waals surface area contributed by atoms with E-state index in [2.05, 4.69) is 18.8 Å². The number of nitrogens with zero attached hydrogens (tertiary/aromatic N) is 1. The smallest absolute Gasteiger partial charge is 0.216 e. The number of aliphatic imine (C=N–C) groups is 1. The maximum Gasteiger partial charge on any atom is 0.216 e. The van der Waals surface area contributed by atoms with Crippen LogP contribution < -0.4 is 0 Å². The molecule has 0 amide bonds. The fourth-order valence-corrected chi connectivity index (χ4v) is 1.82. The van der Waals surface area contributed by atoms with Gasteiger partial charge in [-0.15, -0.1) is 0 Å². The molecule has 1 heterocycles. The summed E-state index contributed by atoms with van der Waals surface area (Å²) in [6.45, 7) is 4.91. The summed E-state index contributed by atoms with van der Waals surface area (Å²) in [4.78, 5) is 4.52. The number of halogens is 2. The van der Waals surface area contributed by atoms with Gasteiger partial charge in [0.2, 0.25) is 5.90 Å². The average Bonchev–Trinajstić information content (AvgIpc) is 2.71. The van der Waals surface area contributed by atoms with Crippen LogP contribution in [-0.4, -0.2) is 18.5 Å². The minimum absolute atomic E-state index is 0.240. The van der Waals surface area contributed by atoms with E-state index in [1.807, 2.05) is 6.07 Å². The van der Waals surface area contributed by atoms with E-state index >= 15 is 0 Å². The first-order valence-electron chi connectivity index (χ1n) is 5.24. The van der Waals surface area contributed by atoms with E-state index in [9.17, 15) is 0 Å². The second-order valence-electron chi connectivity index (χ2n) is 4.19. The van der Waals surface area contributed by atoms with Gasteiger partial charge >= 0.3 is 0 Å². The topological polar surface area (TPSA) is 21.6 Å². The summed E-state index contributed by atoms with van der Waals surface area (Å²) in [6, 6.07) is 5.65. The molecule has 1 aromatic carbocycles. The Bertz CT molecular complexity index is 429. The summed E-state index contributed by atoms with van der Waals surface area (Å²) in [5.41, 5.74) is 0.887. The maximum atomic E-state index is 5.95.